The number of anilines is 2. The number of nitrogens with zero attached hydrogens (tertiary/aromatic N) is 3. The van der Waals surface area contributed by atoms with Crippen molar-refractivity contribution in [3.63, 3.8) is 0 Å². The van der Waals surface area contributed by atoms with Crippen molar-refractivity contribution in [2.24, 2.45) is 5.92 Å². The molecule has 0 saturated heterocycles. The van der Waals surface area contributed by atoms with Crippen molar-refractivity contribution in [1.82, 2.24) is 15.3 Å². The summed E-state index contributed by atoms with van der Waals surface area (Å²) < 4.78 is 0. The molecule has 6 nitrogen and oxygen atoms in total. The van der Waals surface area contributed by atoms with Crippen LogP contribution in [0.2, 0.25) is 0 Å². The Morgan fingerprint density at radius 1 is 1.45 bits per heavy atom. The molecule has 20 heavy (non-hydrogen) atoms. The van der Waals surface area contributed by atoms with Crippen LogP contribution in [0.4, 0.5) is 11.8 Å². The number of aromatic nitrogens is 2. The largest absolute Gasteiger partial charge is 0.359 e. The maximum atomic E-state index is 11.6. The van der Waals surface area contributed by atoms with E-state index in [-0.39, 0.29) is 11.8 Å². The van der Waals surface area contributed by atoms with Gasteiger partial charge in [-0.05, 0) is 13.3 Å². The number of nitrogens with one attached hydrogen (secondary N) is 2. The fourth-order valence-corrected chi connectivity index (χ4v) is 1.90. The molecule has 0 spiro atoms. The number of carbonyl (C=O) groups excluding carboxylic acids is 1. The molecule has 0 aliphatic heterocycles. The molecular weight excluding hydrogens is 254 g/mol. The fourth-order valence-electron chi connectivity index (χ4n) is 1.90. The Kier molecular flexibility index (Phi) is 6.21. The van der Waals surface area contributed by atoms with Crippen molar-refractivity contribution in [3.05, 3.63) is 11.8 Å². The van der Waals surface area contributed by atoms with Gasteiger partial charge in [0.1, 0.15) is 5.82 Å². The highest BCUT2D eigenvalue weighted by Gasteiger charge is 2.15. The van der Waals surface area contributed by atoms with Gasteiger partial charge in [-0.3, -0.25) is 4.79 Å². The third-order valence-electron chi connectivity index (χ3n) is 3.01. The molecule has 6 heteroatoms. The van der Waals surface area contributed by atoms with Gasteiger partial charge < -0.3 is 15.5 Å². The van der Waals surface area contributed by atoms with Crippen LogP contribution in [0.5, 0.6) is 0 Å². The predicted octanol–water partition coefficient (Wildman–Crippen LogP) is 1.43. The van der Waals surface area contributed by atoms with Gasteiger partial charge in [0.2, 0.25) is 11.9 Å². The van der Waals surface area contributed by atoms with Crippen molar-refractivity contribution in [1.29, 1.82) is 0 Å². The van der Waals surface area contributed by atoms with Crippen LogP contribution >= 0.6 is 0 Å². The van der Waals surface area contributed by atoms with Crippen LogP contribution in [-0.4, -0.2) is 43.1 Å². The average Bonchev–Trinajstić information content (AvgIpc) is 2.43. The van der Waals surface area contributed by atoms with Crippen LogP contribution < -0.4 is 15.5 Å². The van der Waals surface area contributed by atoms with Gasteiger partial charge in [-0.2, -0.15) is 4.98 Å². The Morgan fingerprint density at radius 2 is 2.15 bits per heavy atom. The minimum atomic E-state index is -0.0904. The second-order valence-electron chi connectivity index (χ2n) is 5.01. The van der Waals surface area contributed by atoms with E-state index in [1.54, 1.807) is 7.05 Å². The highest BCUT2D eigenvalue weighted by Crippen LogP contribution is 2.15. The molecule has 0 aromatic carbocycles. The van der Waals surface area contributed by atoms with Gasteiger partial charge in [-0.1, -0.05) is 13.8 Å². The first kappa shape index (κ1) is 16.2. The molecule has 1 atom stereocenters. The molecule has 0 saturated carbocycles. The normalized spacial score (nSPS) is 11.8. The SMILES string of the molecule is CCCNc1nc(C)cc(N(C)CC(C)C(=O)NC)n1. The van der Waals surface area contributed by atoms with Gasteiger partial charge in [0.05, 0.1) is 5.92 Å². The molecule has 2 N–H and O–H groups in total. The van der Waals surface area contributed by atoms with Crippen LogP contribution in [0.15, 0.2) is 6.07 Å². The molecule has 0 fully saturated rings. The lowest BCUT2D eigenvalue weighted by molar-refractivity contribution is -0.123. The van der Waals surface area contributed by atoms with Crippen LogP contribution in [0.3, 0.4) is 0 Å². The van der Waals surface area contributed by atoms with Crippen molar-refractivity contribution in [3.8, 4) is 0 Å². The molecular formula is C14H25N5O. The van der Waals surface area contributed by atoms with Crippen molar-refractivity contribution >= 4 is 17.7 Å². The van der Waals surface area contributed by atoms with Gasteiger partial charge in [-0.25, -0.2) is 4.98 Å². The molecule has 0 radical (unpaired) electrons. The van der Waals surface area contributed by atoms with E-state index in [1.807, 2.05) is 31.9 Å². The Hall–Kier alpha value is -1.85. The third-order valence-corrected chi connectivity index (χ3v) is 3.01. The van der Waals surface area contributed by atoms with Crippen molar-refractivity contribution in [2.45, 2.75) is 27.2 Å². The number of aryl methyl sites for hydroxylation is 1. The van der Waals surface area contributed by atoms with Crippen molar-refractivity contribution in [2.75, 3.05) is 37.4 Å². The molecule has 1 amide bonds. The zero-order valence-corrected chi connectivity index (χ0v) is 13.0. The highest BCUT2D eigenvalue weighted by atomic mass is 16.1. The Balaban J connectivity index is 2.78. The molecule has 1 aromatic rings. The Labute approximate surface area is 121 Å². The zero-order chi connectivity index (χ0) is 15.1. The van der Waals surface area contributed by atoms with Crippen LogP contribution in [0, 0.1) is 12.8 Å². The maximum absolute atomic E-state index is 11.6. The van der Waals surface area contributed by atoms with Gasteiger partial charge >= 0.3 is 0 Å². The summed E-state index contributed by atoms with van der Waals surface area (Å²) in [4.78, 5) is 22.4. The lowest BCUT2D eigenvalue weighted by Gasteiger charge is -2.22. The summed E-state index contributed by atoms with van der Waals surface area (Å²) in [7, 11) is 3.59. The lowest BCUT2D eigenvalue weighted by atomic mass is 10.1. The minimum absolute atomic E-state index is 0.0342. The summed E-state index contributed by atoms with van der Waals surface area (Å²) in [5.74, 6) is 1.41. The van der Waals surface area contributed by atoms with Crippen molar-refractivity contribution < 1.29 is 4.79 Å². The van der Waals surface area contributed by atoms with E-state index in [9.17, 15) is 4.79 Å². The Bertz CT molecular complexity index is 449. The van der Waals surface area contributed by atoms with E-state index in [0.29, 0.717) is 12.5 Å². The first-order valence-electron chi connectivity index (χ1n) is 7.00. The summed E-state index contributed by atoms with van der Waals surface area (Å²) in [6.45, 7) is 7.41. The summed E-state index contributed by atoms with van der Waals surface area (Å²) in [6.07, 6.45) is 1.02. The van der Waals surface area contributed by atoms with Crippen LogP contribution in [0.1, 0.15) is 26.0 Å². The van der Waals surface area contributed by atoms with Gasteiger partial charge in [-0.15, -0.1) is 0 Å². The second kappa shape index (κ2) is 7.67. The number of rotatable bonds is 7. The van der Waals surface area contributed by atoms with E-state index >= 15 is 0 Å². The van der Waals surface area contributed by atoms with E-state index < -0.39 is 0 Å². The van der Waals surface area contributed by atoms with Gasteiger partial charge in [0, 0.05) is 38.9 Å². The number of carbonyl (C=O) groups is 1. The fraction of sp³-hybridized carbons (Fsp3) is 0.643. The van der Waals surface area contributed by atoms with E-state index in [0.717, 1.165) is 24.5 Å². The molecule has 112 valence electrons. The average molecular weight is 279 g/mol. The van der Waals surface area contributed by atoms with Crippen LogP contribution in [-0.2, 0) is 4.79 Å². The first-order chi connectivity index (χ1) is 9.47. The van der Waals surface area contributed by atoms with Gasteiger partial charge in [0.25, 0.3) is 0 Å². The monoisotopic (exact) mass is 279 g/mol. The second-order valence-corrected chi connectivity index (χ2v) is 5.01. The Morgan fingerprint density at radius 3 is 2.75 bits per heavy atom. The van der Waals surface area contributed by atoms with Gasteiger partial charge in [0.15, 0.2) is 0 Å². The molecule has 0 aliphatic carbocycles. The topological polar surface area (TPSA) is 70.2 Å². The number of hydrogen-bond donors (Lipinski definition) is 2. The third kappa shape index (κ3) is 4.68. The maximum Gasteiger partial charge on any atom is 0.224 e. The summed E-state index contributed by atoms with van der Waals surface area (Å²) >= 11 is 0. The first-order valence-corrected chi connectivity index (χ1v) is 7.00. The quantitative estimate of drug-likeness (QED) is 0.790. The van der Waals surface area contributed by atoms with Crippen LogP contribution in [0.25, 0.3) is 0 Å². The smallest absolute Gasteiger partial charge is 0.224 e. The lowest BCUT2D eigenvalue weighted by Crippen LogP contribution is -2.34. The standard InChI is InChI=1S/C14H25N5O/c1-6-7-16-14-17-11(3)8-12(18-14)19(5)9-10(2)13(20)15-4/h8,10H,6-7,9H2,1-5H3,(H,15,20)(H,16,17,18). The molecule has 0 bridgehead atoms. The van der Waals surface area contributed by atoms with E-state index in [1.165, 1.54) is 0 Å². The van der Waals surface area contributed by atoms with E-state index in [4.69, 9.17) is 0 Å². The minimum Gasteiger partial charge on any atom is -0.359 e. The summed E-state index contributed by atoms with van der Waals surface area (Å²) in [5, 5.41) is 5.85. The summed E-state index contributed by atoms with van der Waals surface area (Å²) in [5.41, 5.74) is 0.910. The molecule has 1 rings (SSSR count). The van der Waals surface area contributed by atoms with E-state index in [2.05, 4.69) is 27.5 Å². The highest BCUT2D eigenvalue weighted by molar-refractivity contribution is 5.78. The molecule has 1 aromatic heterocycles. The number of amides is 1. The predicted molar refractivity (Wildman–Crippen MR) is 82.1 cm³/mol. The molecule has 1 heterocycles. The molecule has 0 aliphatic rings. The zero-order valence-electron chi connectivity index (χ0n) is 13.0. The molecule has 1 unspecified atom stereocenters. The number of hydrogen-bond acceptors (Lipinski definition) is 5. The summed E-state index contributed by atoms with van der Waals surface area (Å²) in [6, 6.07) is 1.92.